The van der Waals surface area contributed by atoms with Crippen LogP contribution in [0.3, 0.4) is 0 Å². The van der Waals surface area contributed by atoms with Crippen molar-refractivity contribution in [3.05, 3.63) is 24.3 Å². The zero-order valence-corrected chi connectivity index (χ0v) is 9.35. The Balaban J connectivity index is 2.25. The molecule has 0 amide bonds. The Morgan fingerprint density at radius 1 is 1.40 bits per heavy atom. The van der Waals surface area contributed by atoms with E-state index in [0.29, 0.717) is 5.92 Å². The molecule has 1 aliphatic carbocycles. The van der Waals surface area contributed by atoms with Crippen molar-refractivity contribution in [3.8, 4) is 0 Å². The summed E-state index contributed by atoms with van der Waals surface area (Å²) in [5, 5.41) is 9.94. The van der Waals surface area contributed by atoms with Gasteiger partial charge in [-0.1, -0.05) is 13.8 Å². The van der Waals surface area contributed by atoms with Crippen molar-refractivity contribution < 1.29 is 5.11 Å². The smallest absolute Gasteiger partial charge is 0.0625 e. The first-order valence-electron chi connectivity index (χ1n) is 5.68. The molecule has 0 saturated heterocycles. The molecule has 1 heterocycles. The third-order valence-corrected chi connectivity index (χ3v) is 4.07. The van der Waals surface area contributed by atoms with Crippen LogP contribution in [0.25, 0.3) is 0 Å². The van der Waals surface area contributed by atoms with Crippen LogP contribution in [-0.4, -0.2) is 21.2 Å². The van der Waals surface area contributed by atoms with E-state index in [9.17, 15) is 5.11 Å². The summed E-state index contributed by atoms with van der Waals surface area (Å²) < 4.78 is 0. The van der Waals surface area contributed by atoms with Crippen LogP contribution in [0, 0.1) is 5.41 Å². The lowest BCUT2D eigenvalue weighted by molar-refractivity contribution is -0.0945. The van der Waals surface area contributed by atoms with Gasteiger partial charge in [-0.15, -0.1) is 0 Å². The Bertz CT molecular complexity index is 322. The van der Waals surface area contributed by atoms with Crippen molar-refractivity contribution in [1.82, 2.24) is 9.97 Å². The zero-order valence-electron chi connectivity index (χ0n) is 9.35. The summed E-state index contributed by atoms with van der Waals surface area (Å²) in [4.78, 5) is 8.46. The first-order valence-corrected chi connectivity index (χ1v) is 5.68. The fraction of sp³-hybridized carbons (Fsp3) is 0.667. The lowest BCUT2D eigenvalue weighted by Crippen LogP contribution is -2.51. The molecule has 15 heavy (non-hydrogen) atoms. The van der Waals surface area contributed by atoms with Crippen LogP contribution in [0.5, 0.6) is 0 Å². The van der Waals surface area contributed by atoms with Gasteiger partial charge >= 0.3 is 0 Å². The SMILES string of the molecule is CCC1(CC)C(O)CC1c1cnccn1. The maximum Gasteiger partial charge on any atom is 0.0625 e. The van der Waals surface area contributed by atoms with Gasteiger partial charge in [-0.25, -0.2) is 0 Å². The molecule has 82 valence electrons. The van der Waals surface area contributed by atoms with E-state index in [4.69, 9.17) is 0 Å². The van der Waals surface area contributed by atoms with Gasteiger partial charge in [-0.3, -0.25) is 9.97 Å². The van der Waals surface area contributed by atoms with Gasteiger partial charge < -0.3 is 5.11 Å². The van der Waals surface area contributed by atoms with Crippen LogP contribution in [0.1, 0.15) is 44.7 Å². The van der Waals surface area contributed by atoms with Gasteiger partial charge in [0.1, 0.15) is 0 Å². The number of aliphatic hydroxyl groups excluding tert-OH is 1. The Morgan fingerprint density at radius 2 is 2.13 bits per heavy atom. The first-order chi connectivity index (χ1) is 7.24. The summed E-state index contributed by atoms with van der Waals surface area (Å²) in [5.74, 6) is 0.385. The normalized spacial score (nSPS) is 28.5. The van der Waals surface area contributed by atoms with Crippen LogP contribution in [0.2, 0.25) is 0 Å². The molecule has 0 spiro atoms. The summed E-state index contributed by atoms with van der Waals surface area (Å²) in [6.45, 7) is 4.30. The number of aromatic nitrogens is 2. The van der Waals surface area contributed by atoms with Crippen molar-refractivity contribution in [2.45, 2.75) is 45.1 Å². The van der Waals surface area contributed by atoms with Gasteiger partial charge in [0.15, 0.2) is 0 Å². The Hall–Kier alpha value is -0.960. The van der Waals surface area contributed by atoms with E-state index in [-0.39, 0.29) is 11.5 Å². The molecule has 1 fully saturated rings. The average Bonchev–Trinajstić information content (AvgIpc) is 2.29. The van der Waals surface area contributed by atoms with E-state index < -0.39 is 0 Å². The lowest BCUT2D eigenvalue weighted by atomic mass is 9.54. The third kappa shape index (κ3) is 1.46. The molecule has 0 aromatic carbocycles. The number of rotatable bonds is 3. The van der Waals surface area contributed by atoms with Crippen molar-refractivity contribution in [1.29, 1.82) is 0 Å². The highest BCUT2D eigenvalue weighted by Crippen LogP contribution is 2.56. The van der Waals surface area contributed by atoms with Gasteiger partial charge in [0.05, 0.1) is 11.8 Å². The summed E-state index contributed by atoms with van der Waals surface area (Å²) in [7, 11) is 0. The Kier molecular flexibility index (Phi) is 2.74. The summed E-state index contributed by atoms with van der Waals surface area (Å²) in [6, 6.07) is 0. The van der Waals surface area contributed by atoms with E-state index in [1.807, 2.05) is 6.20 Å². The fourth-order valence-electron chi connectivity index (χ4n) is 2.88. The summed E-state index contributed by atoms with van der Waals surface area (Å²) >= 11 is 0. The molecule has 1 saturated carbocycles. The zero-order chi connectivity index (χ0) is 10.9. The molecule has 0 aliphatic heterocycles. The molecule has 1 N–H and O–H groups in total. The fourth-order valence-corrected chi connectivity index (χ4v) is 2.88. The molecular weight excluding hydrogens is 188 g/mol. The molecule has 1 aromatic rings. The topological polar surface area (TPSA) is 46.0 Å². The molecule has 1 aliphatic rings. The minimum atomic E-state index is -0.167. The van der Waals surface area contributed by atoms with Gasteiger partial charge in [0.25, 0.3) is 0 Å². The molecule has 2 rings (SSSR count). The minimum Gasteiger partial charge on any atom is -0.393 e. The Morgan fingerprint density at radius 3 is 2.60 bits per heavy atom. The predicted octanol–water partition coefficient (Wildman–Crippen LogP) is 2.13. The maximum absolute atomic E-state index is 9.94. The highest BCUT2D eigenvalue weighted by Gasteiger charge is 2.52. The van der Waals surface area contributed by atoms with Crippen molar-refractivity contribution in [3.63, 3.8) is 0 Å². The quantitative estimate of drug-likeness (QED) is 0.824. The lowest BCUT2D eigenvalue weighted by Gasteiger charge is -2.53. The van der Waals surface area contributed by atoms with Crippen LogP contribution in [-0.2, 0) is 0 Å². The van der Waals surface area contributed by atoms with Crippen molar-refractivity contribution >= 4 is 0 Å². The third-order valence-electron chi connectivity index (χ3n) is 4.07. The van der Waals surface area contributed by atoms with E-state index in [1.165, 1.54) is 0 Å². The van der Waals surface area contributed by atoms with Crippen molar-refractivity contribution in [2.24, 2.45) is 5.41 Å². The van der Waals surface area contributed by atoms with Crippen LogP contribution in [0.15, 0.2) is 18.6 Å². The van der Waals surface area contributed by atoms with Gasteiger partial charge in [0.2, 0.25) is 0 Å². The molecule has 1 aromatic heterocycles. The molecule has 2 atom stereocenters. The number of hydrogen-bond acceptors (Lipinski definition) is 3. The summed E-state index contributed by atoms with van der Waals surface area (Å²) in [5.41, 5.74) is 1.07. The van der Waals surface area contributed by atoms with E-state index in [1.54, 1.807) is 12.4 Å². The van der Waals surface area contributed by atoms with Crippen LogP contribution < -0.4 is 0 Å². The number of aliphatic hydroxyl groups is 1. The van der Waals surface area contributed by atoms with E-state index in [2.05, 4.69) is 23.8 Å². The van der Waals surface area contributed by atoms with Gasteiger partial charge in [-0.2, -0.15) is 0 Å². The van der Waals surface area contributed by atoms with Gasteiger partial charge in [0, 0.05) is 29.9 Å². The van der Waals surface area contributed by atoms with E-state index >= 15 is 0 Å². The number of nitrogens with zero attached hydrogens (tertiary/aromatic N) is 2. The van der Waals surface area contributed by atoms with E-state index in [0.717, 1.165) is 25.0 Å². The Labute approximate surface area is 90.6 Å². The highest BCUT2D eigenvalue weighted by molar-refractivity contribution is 5.18. The molecule has 0 radical (unpaired) electrons. The van der Waals surface area contributed by atoms with Gasteiger partial charge in [-0.05, 0) is 19.3 Å². The highest BCUT2D eigenvalue weighted by atomic mass is 16.3. The second kappa shape index (κ2) is 3.89. The van der Waals surface area contributed by atoms with Crippen molar-refractivity contribution in [2.75, 3.05) is 0 Å². The predicted molar refractivity (Wildman–Crippen MR) is 58.4 cm³/mol. The molecular formula is C12H18N2O. The molecule has 3 heteroatoms. The maximum atomic E-state index is 9.94. The largest absolute Gasteiger partial charge is 0.393 e. The second-order valence-electron chi connectivity index (χ2n) is 4.37. The summed E-state index contributed by atoms with van der Waals surface area (Å²) in [6.07, 6.45) is 7.93. The molecule has 0 bridgehead atoms. The van der Waals surface area contributed by atoms with Crippen LogP contribution >= 0.6 is 0 Å². The average molecular weight is 206 g/mol. The second-order valence-corrected chi connectivity index (χ2v) is 4.37. The minimum absolute atomic E-state index is 0.0377. The monoisotopic (exact) mass is 206 g/mol. The standard InChI is InChI=1S/C12H18N2O/c1-3-12(4-2)9(7-11(12)15)10-8-13-5-6-14-10/h5-6,8-9,11,15H,3-4,7H2,1-2H3. The first kappa shape index (κ1) is 10.6. The molecule has 3 nitrogen and oxygen atoms in total. The van der Waals surface area contributed by atoms with Crippen LogP contribution in [0.4, 0.5) is 0 Å². The number of hydrogen-bond donors (Lipinski definition) is 1. The molecule has 2 unspecified atom stereocenters.